The maximum absolute atomic E-state index is 14.3. The van der Waals surface area contributed by atoms with Gasteiger partial charge in [-0.05, 0) is 56.2 Å². The Kier molecular flexibility index (Phi) is 6.59. The van der Waals surface area contributed by atoms with Crippen LogP contribution in [-0.2, 0) is 4.79 Å². The lowest BCUT2D eigenvalue weighted by Gasteiger charge is -2.46. The number of aromatic nitrogens is 2. The molecule has 3 aromatic rings. The van der Waals surface area contributed by atoms with Crippen LogP contribution in [0.25, 0.3) is 0 Å². The molecule has 2 aromatic carbocycles. The zero-order valence-electron chi connectivity index (χ0n) is 20.9. The van der Waals surface area contributed by atoms with Crippen LogP contribution in [0.4, 0.5) is 42.0 Å². The van der Waals surface area contributed by atoms with Gasteiger partial charge in [-0.3, -0.25) is 14.5 Å². The molecule has 0 bridgehead atoms. The van der Waals surface area contributed by atoms with E-state index in [4.69, 9.17) is 5.73 Å². The molecule has 2 heterocycles. The van der Waals surface area contributed by atoms with E-state index in [0.29, 0.717) is 22.8 Å². The molecule has 1 aliphatic heterocycles. The fourth-order valence-electron chi connectivity index (χ4n) is 5.08. The maximum Gasteiger partial charge on any atom is 0.254 e. The maximum atomic E-state index is 14.3. The van der Waals surface area contributed by atoms with Crippen LogP contribution in [0.15, 0.2) is 48.7 Å². The lowest BCUT2D eigenvalue weighted by Crippen LogP contribution is -2.56. The predicted octanol–water partition coefficient (Wildman–Crippen LogP) is 4.78. The second-order valence-electron chi connectivity index (χ2n) is 9.59. The van der Waals surface area contributed by atoms with Gasteiger partial charge in [-0.25, -0.2) is 18.2 Å². The normalized spacial score (nSPS) is 18.8. The lowest BCUT2D eigenvalue weighted by atomic mass is 9.89. The zero-order chi connectivity index (χ0) is 27.9. The highest BCUT2D eigenvalue weighted by molar-refractivity contribution is 6.10. The fourth-order valence-corrected chi connectivity index (χ4v) is 5.08. The number of fused-ring (bicyclic) bond motifs is 1. The molecule has 1 aromatic heterocycles. The minimum absolute atomic E-state index is 0.0680. The van der Waals surface area contributed by atoms with Crippen molar-refractivity contribution in [3.05, 3.63) is 65.6 Å². The molecule has 1 aliphatic carbocycles. The highest BCUT2D eigenvalue weighted by atomic mass is 19.3. The van der Waals surface area contributed by atoms with Crippen molar-refractivity contribution in [1.29, 1.82) is 5.26 Å². The number of hydrogen-bond donors (Lipinski definition) is 2. The molecule has 1 atom stereocenters. The summed E-state index contributed by atoms with van der Waals surface area (Å²) in [6.45, 7) is 1.69. The van der Waals surface area contributed by atoms with Gasteiger partial charge in [0.25, 0.3) is 11.8 Å². The Morgan fingerprint density at radius 1 is 1.21 bits per heavy atom. The van der Waals surface area contributed by atoms with E-state index in [2.05, 4.69) is 21.4 Å². The first-order valence-electron chi connectivity index (χ1n) is 12.3. The summed E-state index contributed by atoms with van der Waals surface area (Å²) in [6, 6.07) is 11.2. The Bertz CT molecular complexity index is 1500. The van der Waals surface area contributed by atoms with E-state index in [0.717, 1.165) is 6.07 Å². The number of anilines is 5. The molecule has 39 heavy (non-hydrogen) atoms. The Hall–Kier alpha value is -4.66. The van der Waals surface area contributed by atoms with E-state index in [1.165, 1.54) is 23.2 Å². The van der Waals surface area contributed by atoms with Crippen LogP contribution in [0.5, 0.6) is 0 Å². The summed E-state index contributed by atoms with van der Waals surface area (Å²) >= 11 is 0. The number of nitriles is 1. The van der Waals surface area contributed by atoms with Gasteiger partial charge in [0, 0.05) is 24.6 Å². The second-order valence-corrected chi connectivity index (χ2v) is 9.59. The SMILES string of the molecule is C[C@@H]1C(=O)N(c2cccc(C#N)c2)c2cnc(Nc3ccc(C(N)=O)c(F)c3)nc2N1C1CCC(F)(F)CC1. The summed E-state index contributed by atoms with van der Waals surface area (Å²) < 4.78 is 42.3. The van der Waals surface area contributed by atoms with Gasteiger partial charge in [0.1, 0.15) is 17.5 Å². The molecular weight excluding hydrogens is 511 g/mol. The smallest absolute Gasteiger partial charge is 0.254 e. The largest absolute Gasteiger partial charge is 0.366 e. The number of rotatable bonds is 5. The van der Waals surface area contributed by atoms with Crippen LogP contribution in [-0.4, -0.2) is 39.8 Å². The number of nitrogens with one attached hydrogen (secondary N) is 1. The summed E-state index contributed by atoms with van der Waals surface area (Å²) in [7, 11) is 0. The van der Waals surface area contributed by atoms with E-state index in [9.17, 15) is 28.0 Å². The van der Waals surface area contributed by atoms with E-state index < -0.39 is 23.7 Å². The van der Waals surface area contributed by atoms with E-state index in [-0.39, 0.29) is 54.8 Å². The molecule has 1 saturated carbocycles. The number of primary amides is 1. The van der Waals surface area contributed by atoms with Crippen LogP contribution in [0, 0.1) is 17.1 Å². The highest BCUT2D eigenvalue weighted by Crippen LogP contribution is 2.44. The standard InChI is InChI=1S/C27H24F3N7O2/c1-15-25(39)37(19-4-2-3-16(11-19)13-31)22-14-33-26(34-17-5-6-20(23(32)38)21(28)12-17)35-24(22)36(15)18-7-9-27(29,30)10-8-18/h2-6,11-12,14-15,18H,7-10H2,1H3,(H2,32,38)(H,33,34,35)/t15-/m1/s1. The minimum atomic E-state index is -2.76. The summed E-state index contributed by atoms with van der Waals surface area (Å²) in [6.07, 6.45) is 1.15. The molecule has 1 fully saturated rings. The van der Waals surface area contributed by atoms with Crippen molar-refractivity contribution < 1.29 is 22.8 Å². The minimum Gasteiger partial charge on any atom is -0.366 e. The van der Waals surface area contributed by atoms with Crippen LogP contribution in [0.1, 0.15) is 48.5 Å². The third-order valence-electron chi connectivity index (χ3n) is 7.03. The molecule has 0 spiro atoms. The van der Waals surface area contributed by atoms with Gasteiger partial charge in [0.05, 0.1) is 29.1 Å². The molecule has 0 saturated heterocycles. The Balaban J connectivity index is 1.57. The van der Waals surface area contributed by atoms with Crippen molar-refractivity contribution in [2.75, 3.05) is 15.1 Å². The average Bonchev–Trinajstić information content (AvgIpc) is 2.90. The van der Waals surface area contributed by atoms with Crippen molar-refractivity contribution in [3.8, 4) is 6.07 Å². The lowest BCUT2D eigenvalue weighted by molar-refractivity contribution is -0.119. The van der Waals surface area contributed by atoms with Crippen molar-refractivity contribution in [2.24, 2.45) is 5.73 Å². The molecule has 9 nitrogen and oxygen atoms in total. The molecule has 3 N–H and O–H groups in total. The molecule has 2 amide bonds. The van der Waals surface area contributed by atoms with Gasteiger partial charge in [0.15, 0.2) is 5.82 Å². The number of nitrogens with zero attached hydrogens (tertiary/aromatic N) is 5. The summed E-state index contributed by atoms with van der Waals surface area (Å²) in [4.78, 5) is 37.1. The van der Waals surface area contributed by atoms with Gasteiger partial charge < -0.3 is 16.0 Å². The van der Waals surface area contributed by atoms with Crippen LogP contribution in [0.2, 0.25) is 0 Å². The topological polar surface area (TPSA) is 128 Å². The third-order valence-corrected chi connectivity index (χ3v) is 7.03. The van der Waals surface area contributed by atoms with Crippen molar-refractivity contribution >= 4 is 40.6 Å². The second kappa shape index (κ2) is 9.90. The van der Waals surface area contributed by atoms with Gasteiger partial charge in [-0.2, -0.15) is 10.2 Å². The zero-order valence-corrected chi connectivity index (χ0v) is 20.9. The molecular formula is C27H24F3N7O2. The van der Waals surface area contributed by atoms with Gasteiger partial charge in [-0.1, -0.05) is 6.07 Å². The summed E-state index contributed by atoms with van der Waals surface area (Å²) in [5.41, 5.74) is 6.27. The Morgan fingerprint density at radius 3 is 2.62 bits per heavy atom. The van der Waals surface area contributed by atoms with E-state index in [1.54, 1.807) is 36.1 Å². The molecule has 0 unspecified atom stereocenters. The number of carbonyl (C=O) groups excluding carboxylic acids is 2. The predicted molar refractivity (Wildman–Crippen MR) is 138 cm³/mol. The number of hydrogen-bond acceptors (Lipinski definition) is 7. The number of amides is 2. The number of nitrogens with two attached hydrogens (primary N) is 1. The van der Waals surface area contributed by atoms with Gasteiger partial charge in [-0.15, -0.1) is 0 Å². The monoisotopic (exact) mass is 535 g/mol. The molecule has 5 rings (SSSR count). The van der Waals surface area contributed by atoms with Crippen molar-refractivity contribution in [2.45, 2.75) is 50.6 Å². The summed E-state index contributed by atoms with van der Waals surface area (Å²) in [5.74, 6) is -4.39. The quantitative estimate of drug-likeness (QED) is 0.481. The van der Waals surface area contributed by atoms with Gasteiger partial charge >= 0.3 is 0 Å². The highest BCUT2D eigenvalue weighted by Gasteiger charge is 2.44. The molecule has 2 aliphatic rings. The number of benzene rings is 2. The first-order valence-corrected chi connectivity index (χ1v) is 12.3. The van der Waals surface area contributed by atoms with Crippen LogP contribution < -0.4 is 20.9 Å². The van der Waals surface area contributed by atoms with E-state index >= 15 is 0 Å². The number of halogens is 3. The first kappa shape index (κ1) is 26.0. The molecule has 0 radical (unpaired) electrons. The van der Waals surface area contributed by atoms with Crippen molar-refractivity contribution in [1.82, 2.24) is 9.97 Å². The summed E-state index contributed by atoms with van der Waals surface area (Å²) in [5, 5.41) is 12.3. The Labute approximate surface area is 222 Å². The number of carbonyl (C=O) groups is 2. The first-order chi connectivity index (χ1) is 18.6. The van der Waals surface area contributed by atoms with Crippen molar-refractivity contribution in [3.63, 3.8) is 0 Å². The van der Waals surface area contributed by atoms with Crippen LogP contribution in [0.3, 0.4) is 0 Å². The number of alkyl halides is 2. The van der Waals surface area contributed by atoms with E-state index in [1.807, 2.05) is 0 Å². The third kappa shape index (κ3) is 4.95. The molecule has 200 valence electrons. The van der Waals surface area contributed by atoms with Crippen LogP contribution >= 0.6 is 0 Å². The van der Waals surface area contributed by atoms with Gasteiger partial charge in [0.2, 0.25) is 11.9 Å². The Morgan fingerprint density at radius 2 is 1.95 bits per heavy atom. The molecule has 12 heteroatoms. The average molecular weight is 536 g/mol. The fraction of sp³-hybridized carbons (Fsp3) is 0.296.